The first-order valence-electron chi connectivity index (χ1n) is 6.89. The topological polar surface area (TPSA) is 50.4 Å². The van der Waals surface area contributed by atoms with Gasteiger partial charge in [0.25, 0.3) is 0 Å². The van der Waals surface area contributed by atoms with Crippen molar-refractivity contribution in [2.45, 2.75) is 32.8 Å². The molecule has 0 spiro atoms. The van der Waals surface area contributed by atoms with Gasteiger partial charge in [0.1, 0.15) is 5.60 Å². The van der Waals surface area contributed by atoms with Crippen LogP contribution in [-0.2, 0) is 11.2 Å². The van der Waals surface area contributed by atoms with Crippen LogP contribution in [0.4, 0.5) is 4.79 Å². The van der Waals surface area contributed by atoms with Crippen LogP contribution in [0.2, 0.25) is 10.0 Å². The van der Waals surface area contributed by atoms with E-state index in [0.29, 0.717) is 23.1 Å². The van der Waals surface area contributed by atoms with E-state index >= 15 is 0 Å². The third-order valence-corrected chi connectivity index (χ3v) is 3.14. The summed E-state index contributed by atoms with van der Waals surface area (Å²) in [5.41, 5.74) is 0.580. The lowest BCUT2D eigenvalue weighted by molar-refractivity contribution is 0.0528. The lowest BCUT2D eigenvalue weighted by Crippen LogP contribution is -2.36. The van der Waals surface area contributed by atoms with Gasteiger partial charge in [-0.3, -0.25) is 0 Å². The summed E-state index contributed by atoms with van der Waals surface area (Å²) in [6.07, 6.45) is 0.410. The molecule has 0 saturated heterocycles. The Hall–Kier alpha value is -0.970. The Labute approximate surface area is 136 Å². The first kappa shape index (κ1) is 18.1. The molecular weight excluding hydrogens is 311 g/mol. The molecule has 1 aromatic carbocycles. The molecule has 0 unspecified atom stereocenters. The number of carbonyl (C=O) groups excluding carboxylic acids is 1. The van der Waals surface area contributed by atoms with Crippen LogP contribution in [0.25, 0.3) is 0 Å². The quantitative estimate of drug-likeness (QED) is 0.782. The molecule has 2 N–H and O–H groups in total. The Balaban J connectivity index is 2.13. The van der Waals surface area contributed by atoms with E-state index in [0.717, 1.165) is 18.5 Å². The van der Waals surface area contributed by atoms with Gasteiger partial charge in [-0.2, -0.15) is 0 Å². The van der Waals surface area contributed by atoms with E-state index in [4.69, 9.17) is 27.9 Å². The minimum atomic E-state index is -0.469. The number of nitrogens with one attached hydrogen (secondary N) is 2. The summed E-state index contributed by atoms with van der Waals surface area (Å²) in [6.45, 7) is 7.47. The average Bonchev–Trinajstić information content (AvgIpc) is 2.33. The van der Waals surface area contributed by atoms with E-state index < -0.39 is 11.7 Å². The third-order valence-electron chi connectivity index (χ3n) is 2.56. The molecule has 0 aliphatic heterocycles. The smallest absolute Gasteiger partial charge is 0.407 e. The standard InChI is InChI=1S/C15H22Cl2N2O2/c1-15(2,3)21-14(20)19-9-8-18-7-6-11-4-5-12(16)10-13(11)17/h4-5,10,18H,6-9H2,1-3H3,(H,19,20). The van der Waals surface area contributed by atoms with Gasteiger partial charge in [-0.05, 0) is 51.4 Å². The maximum absolute atomic E-state index is 11.4. The molecule has 0 heterocycles. The second-order valence-electron chi connectivity index (χ2n) is 5.66. The van der Waals surface area contributed by atoms with Crippen molar-refractivity contribution in [3.8, 4) is 0 Å². The van der Waals surface area contributed by atoms with Crippen LogP contribution in [0.15, 0.2) is 18.2 Å². The summed E-state index contributed by atoms with van der Waals surface area (Å²) < 4.78 is 5.13. The number of halogens is 2. The first-order chi connectivity index (χ1) is 9.78. The maximum Gasteiger partial charge on any atom is 0.407 e. The van der Waals surface area contributed by atoms with Crippen LogP contribution < -0.4 is 10.6 Å². The van der Waals surface area contributed by atoms with Gasteiger partial charge < -0.3 is 15.4 Å². The summed E-state index contributed by atoms with van der Waals surface area (Å²) in [4.78, 5) is 11.4. The lowest BCUT2D eigenvalue weighted by atomic mass is 10.1. The number of amides is 1. The highest BCUT2D eigenvalue weighted by Gasteiger charge is 2.15. The van der Waals surface area contributed by atoms with Gasteiger partial charge in [0.05, 0.1) is 0 Å². The van der Waals surface area contributed by atoms with Crippen molar-refractivity contribution < 1.29 is 9.53 Å². The Morgan fingerprint density at radius 1 is 1.19 bits per heavy atom. The Morgan fingerprint density at radius 3 is 2.52 bits per heavy atom. The number of hydrogen-bond donors (Lipinski definition) is 2. The Bertz CT molecular complexity index is 473. The highest BCUT2D eigenvalue weighted by atomic mass is 35.5. The van der Waals surface area contributed by atoms with E-state index in [9.17, 15) is 4.79 Å². The van der Waals surface area contributed by atoms with Crippen LogP contribution in [0.1, 0.15) is 26.3 Å². The molecule has 0 aliphatic rings. The van der Waals surface area contributed by atoms with Crippen molar-refractivity contribution >= 4 is 29.3 Å². The minimum Gasteiger partial charge on any atom is -0.444 e. The second-order valence-corrected chi connectivity index (χ2v) is 6.51. The normalized spacial score (nSPS) is 11.3. The molecule has 0 radical (unpaired) electrons. The molecule has 1 aromatic rings. The van der Waals surface area contributed by atoms with Crippen molar-refractivity contribution in [3.05, 3.63) is 33.8 Å². The van der Waals surface area contributed by atoms with E-state index in [1.54, 1.807) is 6.07 Å². The fourth-order valence-electron chi connectivity index (χ4n) is 1.64. The second kappa shape index (κ2) is 8.47. The summed E-state index contributed by atoms with van der Waals surface area (Å²) in [7, 11) is 0. The molecule has 0 aliphatic carbocycles. The predicted octanol–water partition coefficient (Wildman–Crippen LogP) is 3.65. The zero-order valence-electron chi connectivity index (χ0n) is 12.6. The Morgan fingerprint density at radius 2 is 1.90 bits per heavy atom. The van der Waals surface area contributed by atoms with Crippen molar-refractivity contribution in [3.63, 3.8) is 0 Å². The number of ether oxygens (including phenoxy) is 1. The van der Waals surface area contributed by atoms with Crippen molar-refractivity contribution in [2.75, 3.05) is 19.6 Å². The molecule has 0 fully saturated rings. The minimum absolute atomic E-state index is 0.398. The van der Waals surface area contributed by atoms with E-state index in [1.807, 2.05) is 32.9 Å². The van der Waals surface area contributed by atoms with Gasteiger partial charge in [-0.1, -0.05) is 29.3 Å². The van der Waals surface area contributed by atoms with Gasteiger partial charge in [0.15, 0.2) is 0 Å². The van der Waals surface area contributed by atoms with E-state index in [-0.39, 0.29) is 0 Å². The number of rotatable bonds is 6. The number of benzene rings is 1. The highest BCUT2D eigenvalue weighted by molar-refractivity contribution is 6.35. The summed E-state index contributed by atoms with van der Waals surface area (Å²) in [6, 6.07) is 5.49. The molecule has 6 heteroatoms. The largest absolute Gasteiger partial charge is 0.444 e. The van der Waals surface area contributed by atoms with Gasteiger partial charge in [0, 0.05) is 23.1 Å². The molecule has 0 aromatic heterocycles. The molecular formula is C15H22Cl2N2O2. The van der Waals surface area contributed by atoms with Gasteiger partial charge >= 0.3 is 6.09 Å². The monoisotopic (exact) mass is 332 g/mol. The number of carbonyl (C=O) groups is 1. The van der Waals surface area contributed by atoms with Crippen molar-refractivity contribution in [1.29, 1.82) is 0 Å². The highest BCUT2D eigenvalue weighted by Crippen LogP contribution is 2.20. The van der Waals surface area contributed by atoms with Crippen molar-refractivity contribution in [2.24, 2.45) is 0 Å². The van der Waals surface area contributed by atoms with Crippen LogP contribution in [0, 0.1) is 0 Å². The summed E-state index contributed by atoms with van der Waals surface area (Å²) in [5.74, 6) is 0. The SMILES string of the molecule is CC(C)(C)OC(=O)NCCNCCc1ccc(Cl)cc1Cl. The maximum atomic E-state index is 11.4. The molecule has 1 rings (SSSR count). The molecule has 0 saturated carbocycles. The number of hydrogen-bond acceptors (Lipinski definition) is 3. The van der Waals surface area contributed by atoms with E-state index in [2.05, 4.69) is 10.6 Å². The third kappa shape index (κ3) is 8.15. The fraction of sp³-hybridized carbons (Fsp3) is 0.533. The van der Waals surface area contributed by atoms with Crippen LogP contribution in [0.3, 0.4) is 0 Å². The summed E-state index contributed by atoms with van der Waals surface area (Å²) in [5, 5.41) is 7.24. The van der Waals surface area contributed by atoms with Crippen LogP contribution in [0.5, 0.6) is 0 Å². The molecule has 0 bridgehead atoms. The Kier molecular flexibility index (Phi) is 7.29. The first-order valence-corrected chi connectivity index (χ1v) is 7.65. The van der Waals surface area contributed by atoms with E-state index in [1.165, 1.54) is 0 Å². The van der Waals surface area contributed by atoms with Crippen LogP contribution in [-0.4, -0.2) is 31.3 Å². The number of alkyl carbamates (subject to hydrolysis) is 1. The van der Waals surface area contributed by atoms with Gasteiger partial charge in [-0.25, -0.2) is 4.79 Å². The predicted molar refractivity (Wildman–Crippen MR) is 87.3 cm³/mol. The van der Waals surface area contributed by atoms with Crippen molar-refractivity contribution in [1.82, 2.24) is 10.6 Å². The fourth-order valence-corrected chi connectivity index (χ4v) is 2.14. The molecule has 118 valence electrons. The molecule has 21 heavy (non-hydrogen) atoms. The zero-order chi connectivity index (χ0) is 15.9. The molecule has 0 atom stereocenters. The van der Waals surface area contributed by atoms with Gasteiger partial charge in [0.2, 0.25) is 0 Å². The van der Waals surface area contributed by atoms with Crippen LogP contribution >= 0.6 is 23.2 Å². The lowest BCUT2D eigenvalue weighted by Gasteiger charge is -2.19. The average molecular weight is 333 g/mol. The van der Waals surface area contributed by atoms with Gasteiger partial charge in [-0.15, -0.1) is 0 Å². The molecule has 1 amide bonds. The zero-order valence-corrected chi connectivity index (χ0v) is 14.1. The molecule has 4 nitrogen and oxygen atoms in total. The summed E-state index contributed by atoms with van der Waals surface area (Å²) >= 11 is 11.9.